The highest BCUT2D eigenvalue weighted by Crippen LogP contribution is 2.33. The van der Waals surface area contributed by atoms with Crippen molar-refractivity contribution in [2.24, 2.45) is 0 Å². The number of hydrogen-bond donors (Lipinski definition) is 1. The summed E-state index contributed by atoms with van der Waals surface area (Å²) in [6.07, 6.45) is 12.1. The van der Waals surface area contributed by atoms with E-state index in [-0.39, 0.29) is 5.60 Å². The summed E-state index contributed by atoms with van der Waals surface area (Å²) in [6.45, 7) is 2.76. The van der Waals surface area contributed by atoms with Crippen LogP contribution in [0.25, 0.3) is 0 Å². The van der Waals surface area contributed by atoms with Crippen LogP contribution < -0.4 is 5.32 Å². The Morgan fingerprint density at radius 1 is 1.06 bits per heavy atom. The maximum absolute atomic E-state index is 6.51. The average Bonchev–Trinajstić information content (AvgIpc) is 3.12. The monoisotopic (exact) mass is 253 g/mol. The molecule has 1 unspecified atom stereocenters. The zero-order chi connectivity index (χ0) is 12.3. The van der Waals surface area contributed by atoms with Crippen LogP contribution in [0.3, 0.4) is 0 Å². The molecule has 3 heteroatoms. The second-order valence-electron chi connectivity index (χ2n) is 6.36. The van der Waals surface area contributed by atoms with Gasteiger partial charge in [0.15, 0.2) is 0 Å². The third-order valence-electron chi connectivity index (χ3n) is 4.61. The Kier molecular flexibility index (Phi) is 4.22. The van der Waals surface area contributed by atoms with E-state index in [2.05, 4.69) is 5.32 Å². The molecule has 0 aromatic heterocycles. The Balaban J connectivity index is 1.59. The van der Waals surface area contributed by atoms with E-state index in [1.54, 1.807) is 0 Å². The SMILES string of the molecule is C1CCCC(CNC2CC2)(OC2CCOC2)CC1. The summed E-state index contributed by atoms with van der Waals surface area (Å²) in [5.41, 5.74) is 0.109. The molecular weight excluding hydrogens is 226 g/mol. The molecule has 0 spiro atoms. The normalized spacial score (nSPS) is 32.3. The third-order valence-corrected chi connectivity index (χ3v) is 4.61. The lowest BCUT2D eigenvalue weighted by Gasteiger charge is -2.36. The van der Waals surface area contributed by atoms with Gasteiger partial charge in [0.2, 0.25) is 0 Å². The van der Waals surface area contributed by atoms with Crippen molar-refractivity contribution in [1.82, 2.24) is 5.32 Å². The smallest absolute Gasteiger partial charge is 0.0838 e. The first kappa shape index (κ1) is 12.9. The molecule has 0 aromatic carbocycles. The Bertz CT molecular complexity index is 251. The second kappa shape index (κ2) is 5.89. The topological polar surface area (TPSA) is 30.5 Å². The molecule has 0 radical (unpaired) electrons. The predicted molar refractivity (Wildman–Crippen MR) is 71.8 cm³/mol. The number of hydrogen-bond acceptors (Lipinski definition) is 3. The van der Waals surface area contributed by atoms with E-state index >= 15 is 0 Å². The van der Waals surface area contributed by atoms with Gasteiger partial charge in [-0.25, -0.2) is 0 Å². The summed E-state index contributed by atoms with van der Waals surface area (Å²) in [7, 11) is 0. The van der Waals surface area contributed by atoms with Gasteiger partial charge in [-0.15, -0.1) is 0 Å². The first-order valence-corrected chi connectivity index (χ1v) is 7.85. The van der Waals surface area contributed by atoms with E-state index in [4.69, 9.17) is 9.47 Å². The summed E-state index contributed by atoms with van der Waals surface area (Å²) in [5.74, 6) is 0. The van der Waals surface area contributed by atoms with E-state index in [0.717, 1.165) is 32.2 Å². The minimum atomic E-state index is 0.109. The Morgan fingerprint density at radius 3 is 2.44 bits per heavy atom. The molecule has 3 nitrogen and oxygen atoms in total. The van der Waals surface area contributed by atoms with Crippen LogP contribution >= 0.6 is 0 Å². The summed E-state index contributed by atoms with van der Waals surface area (Å²) in [4.78, 5) is 0. The first-order chi connectivity index (χ1) is 8.86. The lowest BCUT2D eigenvalue weighted by atomic mass is 9.93. The molecule has 3 aliphatic rings. The number of nitrogens with one attached hydrogen (secondary N) is 1. The van der Waals surface area contributed by atoms with Crippen molar-refractivity contribution in [3.05, 3.63) is 0 Å². The van der Waals surface area contributed by atoms with Crippen molar-refractivity contribution < 1.29 is 9.47 Å². The van der Waals surface area contributed by atoms with Crippen LogP contribution in [-0.4, -0.2) is 37.5 Å². The van der Waals surface area contributed by atoms with E-state index < -0.39 is 0 Å². The summed E-state index contributed by atoms with van der Waals surface area (Å²) >= 11 is 0. The van der Waals surface area contributed by atoms with Gasteiger partial charge < -0.3 is 14.8 Å². The van der Waals surface area contributed by atoms with Gasteiger partial charge in [0.1, 0.15) is 0 Å². The Hall–Kier alpha value is -0.120. The average molecular weight is 253 g/mol. The van der Waals surface area contributed by atoms with Crippen LogP contribution in [0.5, 0.6) is 0 Å². The molecule has 0 aromatic rings. The van der Waals surface area contributed by atoms with E-state index in [1.165, 1.54) is 51.4 Å². The van der Waals surface area contributed by atoms with Crippen LogP contribution in [0.1, 0.15) is 57.8 Å². The highest BCUT2D eigenvalue weighted by atomic mass is 16.6. The molecule has 1 aliphatic heterocycles. The minimum Gasteiger partial charge on any atom is -0.379 e. The van der Waals surface area contributed by atoms with Crippen molar-refractivity contribution in [2.75, 3.05) is 19.8 Å². The quantitative estimate of drug-likeness (QED) is 0.764. The van der Waals surface area contributed by atoms with Gasteiger partial charge in [-0.05, 0) is 32.1 Å². The fourth-order valence-corrected chi connectivity index (χ4v) is 3.29. The van der Waals surface area contributed by atoms with Crippen molar-refractivity contribution in [1.29, 1.82) is 0 Å². The summed E-state index contributed by atoms with van der Waals surface area (Å²) in [5, 5.41) is 3.70. The van der Waals surface area contributed by atoms with Gasteiger partial charge in [0.25, 0.3) is 0 Å². The molecule has 0 bridgehead atoms. The third kappa shape index (κ3) is 3.46. The number of ether oxygens (including phenoxy) is 2. The van der Waals surface area contributed by atoms with Crippen LogP contribution in [0.2, 0.25) is 0 Å². The molecule has 2 saturated carbocycles. The molecular formula is C15H27NO2. The summed E-state index contributed by atoms with van der Waals surface area (Å²) in [6, 6.07) is 0.786. The fourth-order valence-electron chi connectivity index (χ4n) is 3.29. The van der Waals surface area contributed by atoms with E-state index in [9.17, 15) is 0 Å². The zero-order valence-electron chi connectivity index (χ0n) is 11.5. The lowest BCUT2D eigenvalue weighted by molar-refractivity contribution is -0.101. The molecule has 3 fully saturated rings. The van der Waals surface area contributed by atoms with E-state index in [1.807, 2.05) is 0 Å². The van der Waals surface area contributed by atoms with Crippen LogP contribution in [0, 0.1) is 0 Å². The van der Waals surface area contributed by atoms with Gasteiger partial charge >= 0.3 is 0 Å². The molecule has 18 heavy (non-hydrogen) atoms. The Morgan fingerprint density at radius 2 is 1.83 bits per heavy atom. The molecule has 1 heterocycles. The lowest BCUT2D eigenvalue weighted by Crippen LogP contribution is -2.46. The highest BCUT2D eigenvalue weighted by Gasteiger charge is 2.37. The van der Waals surface area contributed by atoms with Gasteiger partial charge in [0.05, 0.1) is 18.3 Å². The minimum absolute atomic E-state index is 0.109. The molecule has 1 saturated heterocycles. The Labute approximate surface area is 111 Å². The summed E-state index contributed by atoms with van der Waals surface area (Å²) < 4.78 is 12.0. The molecule has 0 amide bonds. The van der Waals surface area contributed by atoms with Crippen LogP contribution in [-0.2, 0) is 9.47 Å². The van der Waals surface area contributed by atoms with Gasteiger partial charge in [-0.3, -0.25) is 0 Å². The molecule has 3 rings (SSSR count). The zero-order valence-corrected chi connectivity index (χ0v) is 11.5. The van der Waals surface area contributed by atoms with E-state index in [0.29, 0.717) is 6.10 Å². The predicted octanol–water partition coefficient (Wildman–Crippen LogP) is 2.64. The van der Waals surface area contributed by atoms with Gasteiger partial charge in [0, 0.05) is 19.2 Å². The molecule has 1 N–H and O–H groups in total. The second-order valence-corrected chi connectivity index (χ2v) is 6.36. The molecule has 2 aliphatic carbocycles. The van der Waals surface area contributed by atoms with Gasteiger partial charge in [-0.2, -0.15) is 0 Å². The van der Waals surface area contributed by atoms with Gasteiger partial charge in [-0.1, -0.05) is 25.7 Å². The largest absolute Gasteiger partial charge is 0.379 e. The highest BCUT2D eigenvalue weighted by molar-refractivity contribution is 4.91. The maximum atomic E-state index is 6.51. The fraction of sp³-hybridized carbons (Fsp3) is 1.00. The number of rotatable bonds is 5. The molecule has 104 valence electrons. The van der Waals surface area contributed by atoms with Crippen molar-refractivity contribution in [3.8, 4) is 0 Å². The molecule has 1 atom stereocenters. The van der Waals surface area contributed by atoms with Crippen LogP contribution in [0.15, 0.2) is 0 Å². The van der Waals surface area contributed by atoms with Crippen molar-refractivity contribution >= 4 is 0 Å². The standard InChI is InChI=1S/C15H27NO2/c1-2-4-9-15(8-3-1,12-16-13-5-6-13)18-14-7-10-17-11-14/h13-14,16H,1-12H2. The van der Waals surface area contributed by atoms with Crippen LogP contribution in [0.4, 0.5) is 0 Å². The maximum Gasteiger partial charge on any atom is 0.0838 e. The first-order valence-electron chi connectivity index (χ1n) is 7.85. The van der Waals surface area contributed by atoms with Crippen molar-refractivity contribution in [2.45, 2.75) is 75.5 Å². The van der Waals surface area contributed by atoms with Crippen molar-refractivity contribution in [3.63, 3.8) is 0 Å².